The summed E-state index contributed by atoms with van der Waals surface area (Å²) in [6.07, 6.45) is -1.33. The van der Waals surface area contributed by atoms with E-state index in [1.807, 2.05) is 79.7 Å². The Morgan fingerprint density at radius 1 is 0.917 bits per heavy atom. The van der Waals surface area contributed by atoms with Crippen LogP contribution in [0.4, 0.5) is 0 Å². The Balaban J connectivity index is 2.20. The minimum atomic E-state index is -0.854. The van der Waals surface area contributed by atoms with Gasteiger partial charge in [-0.05, 0) is 38.4 Å². The number of carbonyl (C=O) groups excluding carboxylic acids is 1. The summed E-state index contributed by atoms with van der Waals surface area (Å²) >= 11 is 0. The Hall–Kier alpha value is -2.53. The second-order valence-corrected chi connectivity index (χ2v) is 5.64. The SMILES string of the molecule is CC(=O)OC(Oc1ccccc1)C(CN(C)C)Oc1ccccc1. The molecule has 0 aliphatic rings. The molecule has 0 radical (unpaired) electrons. The summed E-state index contributed by atoms with van der Waals surface area (Å²) in [6.45, 7) is 1.89. The maximum Gasteiger partial charge on any atom is 0.305 e. The van der Waals surface area contributed by atoms with E-state index in [9.17, 15) is 4.79 Å². The highest BCUT2D eigenvalue weighted by atomic mass is 16.7. The zero-order chi connectivity index (χ0) is 17.4. The van der Waals surface area contributed by atoms with Gasteiger partial charge in [0.25, 0.3) is 6.29 Å². The Kier molecular flexibility index (Phi) is 6.63. The lowest BCUT2D eigenvalue weighted by molar-refractivity contribution is -0.175. The van der Waals surface area contributed by atoms with Crippen molar-refractivity contribution >= 4 is 5.97 Å². The van der Waals surface area contributed by atoms with Crippen molar-refractivity contribution in [3.05, 3.63) is 60.7 Å². The summed E-state index contributed by atoms with van der Waals surface area (Å²) in [5.74, 6) is 0.888. The lowest BCUT2D eigenvalue weighted by atomic mass is 10.3. The Bertz CT molecular complexity index is 616. The van der Waals surface area contributed by atoms with Gasteiger partial charge in [0.05, 0.1) is 0 Å². The topological polar surface area (TPSA) is 48.0 Å². The molecule has 0 heterocycles. The van der Waals surface area contributed by atoms with E-state index in [-0.39, 0.29) is 0 Å². The molecule has 0 aromatic heterocycles. The highest BCUT2D eigenvalue weighted by Gasteiger charge is 2.29. The summed E-state index contributed by atoms with van der Waals surface area (Å²) in [7, 11) is 3.85. The fraction of sp³-hybridized carbons (Fsp3) is 0.316. The first kappa shape index (κ1) is 17.8. The molecule has 2 rings (SSSR count). The van der Waals surface area contributed by atoms with E-state index in [2.05, 4.69) is 0 Å². The van der Waals surface area contributed by atoms with Gasteiger partial charge in [-0.15, -0.1) is 0 Å². The third-order valence-corrected chi connectivity index (χ3v) is 3.16. The van der Waals surface area contributed by atoms with Crippen molar-refractivity contribution in [1.82, 2.24) is 4.90 Å². The molecule has 0 bridgehead atoms. The van der Waals surface area contributed by atoms with Gasteiger partial charge >= 0.3 is 5.97 Å². The van der Waals surface area contributed by atoms with Crippen LogP contribution >= 0.6 is 0 Å². The average molecular weight is 329 g/mol. The number of benzene rings is 2. The first-order valence-electron chi connectivity index (χ1n) is 7.80. The highest BCUT2D eigenvalue weighted by Crippen LogP contribution is 2.19. The van der Waals surface area contributed by atoms with E-state index in [1.165, 1.54) is 6.92 Å². The predicted octanol–water partition coefficient (Wildman–Crippen LogP) is 2.96. The Morgan fingerprint density at radius 2 is 1.42 bits per heavy atom. The fourth-order valence-electron chi connectivity index (χ4n) is 2.19. The van der Waals surface area contributed by atoms with Gasteiger partial charge in [-0.25, -0.2) is 0 Å². The molecule has 0 aliphatic heterocycles. The molecule has 2 aromatic carbocycles. The summed E-state index contributed by atoms with van der Waals surface area (Å²) in [5.41, 5.74) is 0. The molecule has 0 saturated heterocycles. The van der Waals surface area contributed by atoms with Gasteiger partial charge in [0, 0.05) is 13.5 Å². The van der Waals surface area contributed by atoms with Gasteiger partial charge in [0.15, 0.2) is 6.10 Å². The summed E-state index contributed by atoms with van der Waals surface area (Å²) in [4.78, 5) is 13.5. The van der Waals surface area contributed by atoms with Crippen molar-refractivity contribution in [3.8, 4) is 11.5 Å². The molecule has 2 aromatic rings. The molecule has 0 spiro atoms. The summed E-state index contributed by atoms with van der Waals surface area (Å²) < 4.78 is 17.3. The van der Waals surface area contributed by atoms with Crippen molar-refractivity contribution in [2.75, 3.05) is 20.6 Å². The standard InChI is InChI=1S/C19H23NO4/c1-15(21)22-19(24-17-12-8-5-9-13-17)18(14-20(2)3)23-16-10-6-4-7-11-16/h4-13,18-19H,14H2,1-3H3. The quantitative estimate of drug-likeness (QED) is 0.550. The fourth-order valence-corrected chi connectivity index (χ4v) is 2.19. The maximum atomic E-state index is 11.5. The van der Waals surface area contributed by atoms with Gasteiger partial charge in [0.2, 0.25) is 0 Å². The number of carbonyl (C=O) groups is 1. The van der Waals surface area contributed by atoms with Crippen molar-refractivity contribution < 1.29 is 19.0 Å². The van der Waals surface area contributed by atoms with E-state index in [0.29, 0.717) is 18.0 Å². The molecule has 0 N–H and O–H groups in total. The summed E-state index contributed by atoms with van der Waals surface area (Å²) in [6, 6.07) is 18.6. The largest absolute Gasteiger partial charge is 0.481 e. The van der Waals surface area contributed by atoms with Crippen molar-refractivity contribution in [3.63, 3.8) is 0 Å². The third-order valence-electron chi connectivity index (χ3n) is 3.16. The third kappa shape index (κ3) is 5.93. The lowest BCUT2D eigenvalue weighted by Gasteiger charge is -2.29. The van der Waals surface area contributed by atoms with E-state index >= 15 is 0 Å². The number of hydrogen-bond acceptors (Lipinski definition) is 5. The molecule has 5 nitrogen and oxygen atoms in total. The van der Waals surface area contributed by atoms with E-state index in [0.717, 1.165) is 0 Å². The van der Waals surface area contributed by atoms with Crippen LogP contribution in [-0.2, 0) is 9.53 Å². The van der Waals surface area contributed by atoms with Gasteiger partial charge in [-0.3, -0.25) is 4.79 Å². The summed E-state index contributed by atoms with van der Waals surface area (Å²) in [5, 5.41) is 0. The molecule has 2 atom stereocenters. The zero-order valence-corrected chi connectivity index (χ0v) is 14.2. The van der Waals surface area contributed by atoms with Crippen LogP contribution in [0.25, 0.3) is 0 Å². The number of esters is 1. The van der Waals surface area contributed by atoms with Crippen LogP contribution in [0.15, 0.2) is 60.7 Å². The van der Waals surface area contributed by atoms with Gasteiger partial charge in [-0.2, -0.15) is 0 Å². The minimum absolute atomic E-state index is 0.420. The van der Waals surface area contributed by atoms with Crippen LogP contribution < -0.4 is 9.47 Å². The van der Waals surface area contributed by atoms with Crippen molar-refractivity contribution in [2.45, 2.75) is 19.3 Å². The van der Waals surface area contributed by atoms with Crippen LogP contribution in [0.5, 0.6) is 11.5 Å². The van der Waals surface area contributed by atoms with Crippen molar-refractivity contribution in [2.24, 2.45) is 0 Å². The first-order chi connectivity index (χ1) is 11.5. The van der Waals surface area contributed by atoms with E-state index < -0.39 is 18.4 Å². The number of rotatable bonds is 8. The average Bonchev–Trinajstić information content (AvgIpc) is 2.55. The van der Waals surface area contributed by atoms with E-state index in [4.69, 9.17) is 14.2 Å². The molecular weight excluding hydrogens is 306 g/mol. The van der Waals surface area contributed by atoms with Crippen LogP contribution in [0.2, 0.25) is 0 Å². The molecule has 0 saturated carbocycles. The Labute approximate surface area is 142 Å². The number of nitrogens with zero attached hydrogens (tertiary/aromatic N) is 1. The molecule has 0 fully saturated rings. The predicted molar refractivity (Wildman–Crippen MR) is 92.0 cm³/mol. The monoisotopic (exact) mass is 329 g/mol. The second-order valence-electron chi connectivity index (χ2n) is 5.64. The number of hydrogen-bond donors (Lipinski definition) is 0. The van der Waals surface area contributed by atoms with Crippen LogP contribution in [0.1, 0.15) is 6.92 Å². The number of ether oxygens (including phenoxy) is 3. The number of para-hydroxylation sites is 2. The smallest absolute Gasteiger partial charge is 0.305 e. The molecular formula is C19H23NO4. The lowest BCUT2D eigenvalue weighted by Crippen LogP contribution is -2.45. The molecule has 24 heavy (non-hydrogen) atoms. The number of likely N-dealkylation sites (N-methyl/N-ethyl adjacent to an activating group) is 1. The van der Waals surface area contributed by atoms with E-state index in [1.54, 1.807) is 0 Å². The van der Waals surface area contributed by atoms with Crippen LogP contribution in [-0.4, -0.2) is 43.9 Å². The minimum Gasteiger partial charge on any atom is -0.481 e. The van der Waals surface area contributed by atoms with Crippen LogP contribution in [0, 0.1) is 0 Å². The van der Waals surface area contributed by atoms with Gasteiger partial charge in [-0.1, -0.05) is 36.4 Å². The van der Waals surface area contributed by atoms with Crippen LogP contribution in [0.3, 0.4) is 0 Å². The van der Waals surface area contributed by atoms with Gasteiger partial charge < -0.3 is 19.1 Å². The highest BCUT2D eigenvalue weighted by molar-refractivity contribution is 5.66. The molecule has 128 valence electrons. The van der Waals surface area contributed by atoms with Crippen molar-refractivity contribution in [1.29, 1.82) is 0 Å². The molecule has 0 aliphatic carbocycles. The second kappa shape index (κ2) is 8.93. The molecule has 2 unspecified atom stereocenters. The first-order valence-corrected chi connectivity index (χ1v) is 7.80. The molecule has 0 amide bonds. The normalized spacial score (nSPS) is 13.2. The maximum absolute atomic E-state index is 11.5. The Morgan fingerprint density at radius 3 is 1.88 bits per heavy atom. The molecule has 5 heteroatoms. The zero-order valence-electron chi connectivity index (χ0n) is 14.2. The van der Waals surface area contributed by atoms with Gasteiger partial charge in [0.1, 0.15) is 11.5 Å².